The fraction of sp³-hybridized carbons (Fsp3) is 0.200. The number of H-pyrrole nitrogens is 1. The first-order chi connectivity index (χ1) is 5.81. The van der Waals surface area contributed by atoms with Crippen molar-refractivity contribution < 1.29 is 5.11 Å². The van der Waals surface area contributed by atoms with Crippen LogP contribution in [0.15, 0.2) is 24.4 Å². The summed E-state index contributed by atoms with van der Waals surface area (Å²) >= 11 is 0. The Kier molecular flexibility index (Phi) is 1.62. The van der Waals surface area contributed by atoms with Gasteiger partial charge >= 0.3 is 0 Å². The number of aromatic amines is 1. The van der Waals surface area contributed by atoms with E-state index < -0.39 is 0 Å². The molecule has 1 heterocycles. The zero-order chi connectivity index (χ0) is 8.55. The highest BCUT2D eigenvalue weighted by Crippen LogP contribution is 2.18. The van der Waals surface area contributed by atoms with E-state index in [-0.39, 0.29) is 6.61 Å². The van der Waals surface area contributed by atoms with Crippen LogP contribution in [0.2, 0.25) is 0 Å². The van der Waals surface area contributed by atoms with Crippen molar-refractivity contribution in [2.45, 2.75) is 13.5 Å². The molecule has 1 aromatic heterocycles. The van der Waals surface area contributed by atoms with Gasteiger partial charge < -0.3 is 10.1 Å². The minimum atomic E-state index is 0.112. The number of hydrogen-bond acceptors (Lipinski definition) is 1. The lowest BCUT2D eigenvalue weighted by molar-refractivity contribution is 0.282. The highest BCUT2D eigenvalue weighted by molar-refractivity contribution is 5.83. The number of nitrogens with one attached hydrogen (secondary N) is 1. The van der Waals surface area contributed by atoms with E-state index in [4.69, 9.17) is 5.11 Å². The number of rotatable bonds is 1. The van der Waals surface area contributed by atoms with Crippen LogP contribution in [-0.4, -0.2) is 10.1 Å². The molecule has 1 aromatic carbocycles. The fourth-order valence-corrected chi connectivity index (χ4v) is 1.41. The third-order valence-corrected chi connectivity index (χ3v) is 2.14. The maximum absolute atomic E-state index is 8.92. The molecule has 0 saturated carbocycles. The number of aromatic nitrogens is 1. The third kappa shape index (κ3) is 1.01. The Morgan fingerprint density at radius 2 is 2.25 bits per heavy atom. The Bertz CT molecular complexity index is 403. The van der Waals surface area contributed by atoms with E-state index in [0.717, 1.165) is 11.1 Å². The second-order valence-electron chi connectivity index (χ2n) is 3.01. The first-order valence-electron chi connectivity index (χ1n) is 3.99. The topological polar surface area (TPSA) is 36.0 Å². The quantitative estimate of drug-likeness (QED) is 0.659. The minimum absolute atomic E-state index is 0.112. The summed E-state index contributed by atoms with van der Waals surface area (Å²) in [6.45, 7) is 2.17. The molecule has 0 atom stereocenters. The summed E-state index contributed by atoms with van der Waals surface area (Å²) in [5, 5.41) is 10.1. The van der Waals surface area contributed by atoms with Gasteiger partial charge in [-0.3, -0.25) is 0 Å². The van der Waals surface area contributed by atoms with E-state index in [1.54, 1.807) is 0 Å². The largest absolute Gasteiger partial charge is 0.392 e. The lowest BCUT2D eigenvalue weighted by Gasteiger charge is -1.96. The van der Waals surface area contributed by atoms with Crippen LogP contribution in [-0.2, 0) is 6.61 Å². The number of aliphatic hydroxyl groups excluding tert-OH is 1. The molecule has 2 rings (SSSR count). The smallest absolute Gasteiger partial charge is 0.0682 e. The molecule has 12 heavy (non-hydrogen) atoms. The van der Waals surface area contributed by atoms with Crippen molar-refractivity contribution in [3.8, 4) is 0 Å². The van der Waals surface area contributed by atoms with E-state index in [9.17, 15) is 0 Å². The molecule has 0 spiro atoms. The number of aliphatic hydroxyl groups is 1. The lowest BCUT2D eigenvalue weighted by atomic mass is 10.1. The van der Waals surface area contributed by atoms with Gasteiger partial charge in [-0.25, -0.2) is 0 Å². The van der Waals surface area contributed by atoms with E-state index in [1.807, 2.05) is 24.4 Å². The number of aryl methyl sites for hydroxylation is 1. The van der Waals surface area contributed by atoms with E-state index in [0.29, 0.717) is 0 Å². The van der Waals surface area contributed by atoms with Crippen molar-refractivity contribution in [3.05, 3.63) is 35.5 Å². The molecule has 0 aliphatic rings. The maximum Gasteiger partial charge on any atom is 0.0682 e. The van der Waals surface area contributed by atoms with Gasteiger partial charge in [-0.1, -0.05) is 6.07 Å². The average molecular weight is 161 g/mol. The van der Waals surface area contributed by atoms with Crippen LogP contribution in [0, 0.1) is 6.92 Å². The maximum atomic E-state index is 8.92. The van der Waals surface area contributed by atoms with Gasteiger partial charge in [0, 0.05) is 17.1 Å². The van der Waals surface area contributed by atoms with Crippen LogP contribution in [0.5, 0.6) is 0 Å². The first kappa shape index (κ1) is 7.37. The van der Waals surface area contributed by atoms with E-state index in [1.165, 1.54) is 10.9 Å². The third-order valence-electron chi connectivity index (χ3n) is 2.14. The number of hydrogen-bond donors (Lipinski definition) is 2. The molecule has 2 aromatic rings. The van der Waals surface area contributed by atoms with Gasteiger partial charge in [0.15, 0.2) is 0 Å². The molecule has 62 valence electrons. The van der Waals surface area contributed by atoms with Crippen molar-refractivity contribution in [2.24, 2.45) is 0 Å². The van der Waals surface area contributed by atoms with Crippen LogP contribution in [0.1, 0.15) is 11.1 Å². The van der Waals surface area contributed by atoms with Crippen molar-refractivity contribution >= 4 is 10.9 Å². The summed E-state index contributed by atoms with van der Waals surface area (Å²) in [7, 11) is 0. The zero-order valence-electron chi connectivity index (χ0n) is 6.96. The fourth-order valence-electron chi connectivity index (χ4n) is 1.41. The molecule has 0 amide bonds. The van der Waals surface area contributed by atoms with Gasteiger partial charge in [-0.05, 0) is 30.2 Å². The van der Waals surface area contributed by atoms with Crippen molar-refractivity contribution in [2.75, 3.05) is 0 Å². The molecule has 0 radical (unpaired) electrons. The molecule has 0 aliphatic heterocycles. The van der Waals surface area contributed by atoms with E-state index >= 15 is 0 Å². The van der Waals surface area contributed by atoms with Crippen LogP contribution in [0.3, 0.4) is 0 Å². The summed E-state index contributed by atoms with van der Waals surface area (Å²) in [6, 6.07) is 5.94. The van der Waals surface area contributed by atoms with Gasteiger partial charge in [0.1, 0.15) is 0 Å². The van der Waals surface area contributed by atoms with Crippen LogP contribution < -0.4 is 0 Å². The van der Waals surface area contributed by atoms with Gasteiger partial charge in [0.05, 0.1) is 6.61 Å². The molecule has 0 unspecified atom stereocenters. The van der Waals surface area contributed by atoms with Crippen molar-refractivity contribution in [1.29, 1.82) is 0 Å². The predicted molar refractivity (Wildman–Crippen MR) is 49.0 cm³/mol. The average Bonchev–Trinajstić information content (AvgIpc) is 2.47. The summed E-state index contributed by atoms with van der Waals surface area (Å²) in [4.78, 5) is 3.16. The van der Waals surface area contributed by atoms with Crippen molar-refractivity contribution in [3.63, 3.8) is 0 Å². The Hall–Kier alpha value is -1.28. The molecule has 0 aliphatic carbocycles. The molecule has 2 heteroatoms. The Morgan fingerprint density at radius 1 is 1.42 bits per heavy atom. The molecular weight excluding hydrogens is 150 g/mol. The van der Waals surface area contributed by atoms with Gasteiger partial charge in [0.2, 0.25) is 0 Å². The molecule has 0 bridgehead atoms. The monoisotopic (exact) mass is 161 g/mol. The zero-order valence-corrected chi connectivity index (χ0v) is 6.96. The lowest BCUT2D eigenvalue weighted by Crippen LogP contribution is -1.81. The van der Waals surface area contributed by atoms with Crippen LogP contribution >= 0.6 is 0 Å². The second-order valence-corrected chi connectivity index (χ2v) is 3.01. The standard InChI is InChI=1S/C10H11NO/c1-7-5-11-10-3-2-8(6-12)4-9(7)10/h2-5,11-12H,6H2,1H3. The van der Waals surface area contributed by atoms with Gasteiger partial charge in [-0.15, -0.1) is 0 Å². The number of fused-ring (bicyclic) bond motifs is 1. The second kappa shape index (κ2) is 2.64. The summed E-state index contributed by atoms with van der Waals surface area (Å²) in [5.41, 5.74) is 3.32. The first-order valence-corrected chi connectivity index (χ1v) is 3.99. The van der Waals surface area contributed by atoms with Crippen molar-refractivity contribution in [1.82, 2.24) is 4.98 Å². The van der Waals surface area contributed by atoms with Crippen LogP contribution in [0.4, 0.5) is 0 Å². The highest BCUT2D eigenvalue weighted by Gasteiger charge is 1.99. The highest BCUT2D eigenvalue weighted by atomic mass is 16.3. The summed E-state index contributed by atoms with van der Waals surface area (Å²) in [6.07, 6.45) is 1.98. The Balaban J connectivity index is 2.71. The molecule has 2 N–H and O–H groups in total. The molecule has 0 fully saturated rings. The molecular formula is C10H11NO. The van der Waals surface area contributed by atoms with Crippen LogP contribution in [0.25, 0.3) is 10.9 Å². The predicted octanol–water partition coefficient (Wildman–Crippen LogP) is 1.97. The minimum Gasteiger partial charge on any atom is -0.392 e. The molecule has 2 nitrogen and oxygen atoms in total. The normalized spacial score (nSPS) is 10.8. The summed E-state index contributed by atoms with van der Waals surface area (Å²) in [5.74, 6) is 0. The number of benzene rings is 1. The Labute approximate surface area is 70.8 Å². The van der Waals surface area contributed by atoms with Gasteiger partial charge in [0.25, 0.3) is 0 Å². The SMILES string of the molecule is Cc1c[nH]c2ccc(CO)cc12. The summed E-state index contributed by atoms with van der Waals surface area (Å²) < 4.78 is 0. The van der Waals surface area contributed by atoms with Gasteiger partial charge in [-0.2, -0.15) is 0 Å². The Morgan fingerprint density at radius 3 is 3.00 bits per heavy atom. The molecule has 0 saturated heterocycles. The van der Waals surface area contributed by atoms with E-state index in [2.05, 4.69) is 11.9 Å².